The first-order valence-corrected chi connectivity index (χ1v) is 9.68. The number of amides is 1. The van der Waals surface area contributed by atoms with E-state index in [4.69, 9.17) is 11.6 Å². The second kappa shape index (κ2) is 8.08. The van der Waals surface area contributed by atoms with Crippen molar-refractivity contribution >= 4 is 23.2 Å². The molecule has 2 heterocycles. The summed E-state index contributed by atoms with van der Waals surface area (Å²) < 4.78 is 0. The number of H-pyrrole nitrogens is 1. The van der Waals surface area contributed by atoms with Gasteiger partial charge in [0.05, 0.1) is 33.3 Å². The van der Waals surface area contributed by atoms with Crippen molar-refractivity contribution in [1.82, 2.24) is 14.9 Å². The minimum atomic E-state index is -0.574. The molecular formula is C21H17ClN4O4. The lowest BCUT2D eigenvalue weighted by Gasteiger charge is -2.28. The van der Waals surface area contributed by atoms with Gasteiger partial charge in [-0.25, -0.2) is 4.98 Å². The maximum Gasteiger partial charge on any atom is 0.270 e. The number of non-ortho nitro benzene ring substituents is 1. The van der Waals surface area contributed by atoms with E-state index < -0.39 is 4.92 Å². The van der Waals surface area contributed by atoms with E-state index in [1.807, 2.05) is 30.3 Å². The number of nitro groups is 1. The number of hydrogen-bond donors (Lipinski definition) is 1. The van der Waals surface area contributed by atoms with Crippen LogP contribution in [0.1, 0.15) is 33.0 Å². The zero-order chi connectivity index (χ0) is 21.3. The van der Waals surface area contributed by atoms with Gasteiger partial charge in [-0.15, -0.1) is 0 Å². The predicted octanol–water partition coefficient (Wildman–Crippen LogP) is 3.12. The van der Waals surface area contributed by atoms with Crippen molar-refractivity contribution in [3.05, 3.63) is 102 Å². The van der Waals surface area contributed by atoms with Crippen LogP contribution in [0.4, 0.5) is 5.69 Å². The van der Waals surface area contributed by atoms with Gasteiger partial charge in [0.2, 0.25) is 0 Å². The number of carbonyl (C=O) groups is 1. The van der Waals surface area contributed by atoms with E-state index in [1.165, 1.54) is 17.0 Å². The largest absolute Gasteiger partial charge is 0.334 e. The standard InChI is InChI=1S/C21H17ClN4O4/c22-17-11-14(26(29)30)6-7-15(17)21(28)25-9-8-18-16(12-25)20(27)24-19(23-18)10-13-4-2-1-3-5-13/h1-7,11H,8-10,12H2,(H,23,24,27). The Labute approximate surface area is 176 Å². The first-order valence-electron chi connectivity index (χ1n) is 9.30. The monoisotopic (exact) mass is 424 g/mol. The minimum absolute atomic E-state index is 0.00485. The number of benzene rings is 2. The smallest absolute Gasteiger partial charge is 0.270 e. The normalized spacial score (nSPS) is 13.0. The van der Waals surface area contributed by atoms with Crippen molar-refractivity contribution in [1.29, 1.82) is 0 Å². The predicted molar refractivity (Wildman–Crippen MR) is 111 cm³/mol. The molecule has 0 saturated heterocycles. The summed E-state index contributed by atoms with van der Waals surface area (Å²) in [6, 6.07) is 13.4. The van der Waals surface area contributed by atoms with Crippen LogP contribution in [-0.4, -0.2) is 32.2 Å². The van der Waals surface area contributed by atoms with E-state index in [1.54, 1.807) is 0 Å². The number of rotatable bonds is 4. The Morgan fingerprint density at radius 2 is 2.00 bits per heavy atom. The van der Waals surface area contributed by atoms with Crippen molar-refractivity contribution in [3.63, 3.8) is 0 Å². The highest BCUT2D eigenvalue weighted by Gasteiger charge is 2.27. The summed E-state index contributed by atoms with van der Waals surface area (Å²) in [4.78, 5) is 44.7. The van der Waals surface area contributed by atoms with Crippen LogP contribution in [-0.2, 0) is 19.4 Å². The zero-order valence-electron chi connectivity index (χ0n) is 15.8. The van der Waals surface area contributed by atoms with Gasteiger partial charge in [0.25, 0.3) is 17.2 Å². The van der Waals surface area contributed by atoms with Gasteiger partial charge in [-0.05, 0) is 11.6 Å². The molecule has 8 nitrogen and oxygen atoms in total. The highest BCUT2D eigenvalue weighted by atomic mass is 35.5. The Bertz CT molecular complexity index is 1190. The number of hydrogen-bond acceptors (Lipinski definition) is 5. The first-order chi connectivity index (χ1) is 14.4. The molecule has 0 saturated carbocycles. The molecule has 0 atom stereocenters. The molecule has 4 rings (SSSR count). The molecule has 0 bridgehead atoms. The topological polar surface area (TPSA) is 109 Å². The summed E-state index contributed by atoms with van der Waals surface area (Å²) in [7, 11) is 0. The Kier molecular flexibility index (Phi) is 5.33. The Balaban J connectivity index is 1.56. The number of halogens is 1. The van der Waals surface area contributed by atoms with Gasteiger partial charge in [-0.2, -0.15) is 0 Å². The van der Waals surface area contributed by atoms with Gasteiger partial charge >= 0.3 is 0 Å². The highest BCUT2D eigenvalue weighted by molar-refractivity contribution is 6.34. The average Bonchev–Trinajstić information content (AvgIpc) is 2.73. The van der Waals surface area contributed by atoms with Crippen LogP contribution in [0.15, 0.2) is 53.3 Å². The molecular weight excluding hydrogens is 408 g/mol. The fraction of sp³-hybridized carbons (Fsp3) is 0.190. The summed E-state index contributed by atoms with van der Waals surface area (Å²) in [6.07, 6.45) is 0.960. The van der Waals surface area contributed by atoms with Gasteiger partial charge < -0.3 is 9.88 Å². The van der Waals surface area contributed by atoms with Gasteiger partial charge in [-0.3, -0.25) is 19.7 Å². The number of nitrogens with zero attached hydrogens (tertiary/aromatic N) is 3. The van der Waals surface area contributed by atoms with E-state index in [0.29, 0.717) is 36.5 Å². The van der Waals surface area contributed by atoms with Crippen LogP contribution in [0.3, 0.4) is 0 Å². The number of aromatic amines is 1. The van der Waals surface area contributed by atoms with E-state index in [2.05, 4.69) is 9.97 Å². The summed E-state index contributed by atoms with van der Waals surface area (Å²) >= 11 is 6.08. The molecule has 0 radical (unpaired) electrons. The van der Waals surface area contributed by atoms with Crippen molar-refractivity contribution in [2.75, 3.05) is 6.54 Å². The SMILES string of the molecule is O=C(c1ccc([N+](=O)[O-])cc1Cl)N1CCc2nc(Cc3ccccc3)[nH]c(=O)c2C1. The molecule has 30 heavy (non-hydrogen) atoms. The molecule has 1 N–H and O–H groups in total. The van der Waals surface area contributed by atoms with Crippen LogP contribution in [0.5, 0.6) is 0 Å². The summed E-state index contributed by atoms with van der Waals surface area (Å²) in [5.41, 5.74) is 1.88. The van der Waals surface area contributed by atoms with E-state index >= 15 is 0 Å². The summed E-state index contributed by atoms with van der Waals surface area (Å²) in [5.74, 6) is 0.205. The maximum atomic E-state index is 12.9. The number of nitro benzene ring substituents is 1. The van der Waals surface area contributed by atoms with Gasteiger partial charge in [0, 0.05) is 31.5 Å². The average molecular weight is 425 g/mol. The van der Waals surface area contributed by atoms with Crippen LogP contribution in [0.25, 0.3) is 0 Å². The molecule has 1 amide bonds. The molecule has 3 aromatic rings. The number of carbonyl (C=O) groups excluding carboxylic acids is 1. The fourth-order valence-corrected chi connectivity index (χ4v) is 3.74. The maximum absolute atomic E-state index is 12.9. The second-order valence-corrected chi connectivity index (χ2v) is 7.41. The van der Waals surface area contributed by atoms with Gasteiger partial charge in [-0.1, -0.05) is 41.9 Å². The molecule has 1 aliphatic heterocycles. The number of nitrogens with one attached hydrogen (secondary N) is 1. The van der Waals surface area contributed by atoms with Crippen molar-refractivity contribution in [3.8, 4) is 0 Å². The Hall–Kier alpha value is -3.52. The Morgan fingerprint density at radius 3 is 2.70 bits per heavy atom. The summed E-state index contributed by atoms with van der Waals surface area (Å²) in [5, 5.41) is 10.9. The summed E-state index contributed by atoms with van der Waals surface area (Å²) in [6.45, 7) is 0.482. The first kappa shape index (κ1) is 19.8. The third-order valence-electron chi connectivity index (χ3n) is 5.01. The number of aromatic nitrogens is 2. The lowest BCUT2D eigenvalue weighted by Crippen LogP contribution is -2.40. The van der Waals surface area contributed by atoms with E-state index in [0.717, 1.165) is 11.6 Å². The van der Waals surface area contributed by atoms with Crippen LogP contribution >= 0.6 is 11.6 Å². The van der Waals surface area contributed by atoms with Crippen molar-refractivity contribution in [2.24, 2.45) is 0 Å². The van der Waals surface area contributed by atoms with Crippen LogP contribution in [0.2, 0.25) is 5.02 Å². The highest BCUT2D eigenvalue weighted by Crippen LogP contribution is 2.25. The second-order valence-electron chi connectivity index (χ2n) is 7.00. The van der Waals surface area contributed by atoms with Gasteiger partial charge in [0.15, 0.2) is 0 Å². The van der Waals surface area contributed by atoms with Gasteiger partial charge in [0.1, 0.15) is 5.82 Å². The van der Waals surface area contributed by atoms with E-state index in [-0.39, 0.29) is 34.3 Å². The minimum Gasteiger partial charge on any atom is -0.334 e. The van der Waals surface area contributed by atoms with Crippen LogP contribution in [0, 0.1) is 10.1 Å². The fourth-order valence-electron chi connectivity index (χ4n) is 3.48. The third-order valence-corrected chi connectivity index (χ3v) is 5.33. The van der Waals surface area contributed by atoms with Crippen molar-refractivity contribution < 1.29 is 9.72 Å². The molecule has 2 aromatic carbocycles. The third kappa shape index (κ3) is 3.95. The Morgan fingerprint density at radius 1 is 1.23 bits per heavy atom. The lowest BCUT2D eigenvalue weighted by atomic mass is 10.0. The van der Waals surface area contributed by atoms with Crippen molar-refractivity contribution in [2.45, 2.75) is 19.4 Å². The molecule has 0 unspecified atom stereocenters. The van der Waals surface area contributed by atoms with E-state index in [9.17, 15) is 19.7 Å². The molecule has 0 aliphatic carbocycles. The molecule has 0 spiro atoms. The quantitative estimate of drug-likeness (QED) is 0.511. The molecule has 152 valence electrons. The lowest BCUT2D eigenvalue weighted by molar-refractivity contribution is -0.384. The molecule has 9 heteroatoms. The molecule has 1 aliphatic rings. The zero-order valence-corrected chi connectivity index (χ0v) is 16.6. The molecule has 1 aromatic heterocycles. The molecule has 0 fully saturated rings. The number of fused-ring (bicyclic) bond motifs is 1. The van der Waals surface area contributed by atoms with Crippen LogP contribution < -0.4 is 5.56 Å².